The van der Waals surface area contributed by atoms with Crippen molar-refractivity contribution >= 4 is 5.91 Å². The number of aromatic nitrogens is 2. The Kier molecular flexibility index (Phi) is 4.38. The van der Waals surface area contributed by atoms with E-state index in [0.29, 0.717) is 17.8 Å². The van der Waals surface area contributed by atoms with E-state index in [1.807, 2.05) is 16.9 Å². The molecule has 0 aromatic carbocycles. The zero-order valence-electron chi connectivity index (χ0n) is 13.9. The molecule has 3 aliphatic rings. The summed E-state index contributed by atoms with van der Waals surface area (Å²) < 4.78 is 2.00. The molecule has 4 rings (SSSR count). The highest BCUT2D eigenvalue weighted by Gasteiger charge is 2.36. The topological polar surface area (TPSA) is 50.2 Å². The van der Waals surface area contributed by atoms with Gasteiger partial charge in [0.1, 0.15) is 5.69 Å². The molecule has 1 aromatic heterocycles. The first-order valence-electron chi connectivity index (χ1n) is 9.40. The number of carbonyl (C=O) groups excluding carboxylic acids is 1. The van der Waals surface area contributed by atoms with Gasteiger partial charge in [0, 0.05) is 25.3 Å². The lowest BCUT2D eigenvalue weighted by Gasteiger charge is -2.29. The molecule has 2 atom stereocenters. The molecule has 1 N–H and O–H groups in total. The van der Waals surface area contributed by atoms with Crippen LogP contribution in [0.1, 0.15) is 67.9 Å². The zero-order valence-corrected chi connectivity index (χ0v) is 13.9. The minimum absolute atomic E-state index is 0.155. The third-order valence-electron chi connectivity index (χ3n) is 5.98. The number of likely N-dealkylation sites (tertiary alicyclic amines) is 1. The molecule has 23 heavy (non-hydrogen) atoms. The number of hydrogen-bond donors (Lipinski definition) is 1. The molecule has 0 bridgehead atoms. The number of amides is 1. The second kappa shape index (κ2) is 6.63. The Labute approximate surface area is 138 Å². The molecule has 2 saturated heterocycles. The van der Waals surface area contributed by atoms with Crippen LogP contribution in [0.5, 0.6) is 0 Å². The Balaban J connectivity index is 1.46. The van der Waals surface area contributed by atoms with Gasteiger partial charge >= 0.3 is 0 Å². The number of nitrogens with zero attached hydrogens (tertiary/aromatic N) is 3. The lowest BCUT2D eigenvalue weighted by Crippen LogP contribution is -2.39. The summed E-state index contributed by atoms with van der Waals surface area (Å²) in [5, 5.41) is 8.04. The van der Waals surface area contributed by atoms with Crippen molar-refractivity contribution in [3.63, 3.8) is 0 Å². The quantitative estimate of drug-likeness (QED) is 0.932. The van der Waals surface area contributed by atoms with E-state index in [0.717, 1.165) is 38.4 Å². The Hall–Kier alpha value is -1.36. The third kappa shape index (κ3) is 3.03. The summed E-state index contributed by atoms with van der Waals surface area (Å²) in [7, 11) is 0. The lowest BCUT2D eigenvalue weighted by molar-refractivity contribution is 0.0681. The van der Waals surface area contributed by atoms with E-state index >= 15 is 0 Å². The second-order valence-corrected chi connectivity index (χ2v) is 7.43. The monoisotopic (exact) mass is 316 g/mol. The van der Waals surface area contributed by atoms with Crippen LogP contribution in [-0.2, 0) is 0 Å². The largest absolute Gasteiger partial charge is 0.334 e. The molecular weight excluding hydrogens is 288 g/mol. The van der Waals surface area contributed by atoms with Crippen LogP contribution in [0.2, 0.25) is 0 Å². The predicted molar refractivity (Wildman–Crippen MR) is 89.4 cm³/mol. The van der Waals surface area contributed by atoms with Crippen molar-refractivity contribution in [2.45, 2.75) is 63.5 Å². The number of hydrogen-bond acceptors (Lipinski definition) is 3. The zero-order chi connectivity index (χ0) is 15.6. The molecule has 1 aliphatic carbocycles. The van der Waals surface area contributed by atoms with Crippen molar-refractivity contribution in [2.24, 2.45) is 5.92 Å². The maximum atomic E-state index is 12.9. The maximum Gasteiger partial charge on any atom is 0.274 e. The minimum Gasteiger partial charge on any atom is -0.334 e. The van der Waals surface area contributed by atoms with Crippen LogP contribution in [0, 0.1) is 5.92 Å². The van der Waals surface area contributed by atoms with Gasteiger partial charge in [-0.1, -0.05) is 12.8 Å². The van der Waals surface area contributed by atoms with E-state index in [1.54, 1.807) is 0 Å². The van der Waals surface area contributed by atoms with Crippen molar-refractivity contribution in [1.82, 2.24) is 20.0 Å². The fourth-order valence-electron chi connectivity index (χ4n) is 4.74. The van der Waals surface area contributed by atoms with Gasteiger partial charge in [-0.05, 0) is 57.1 Å². The first kappa shape index (κ1) is 15.2. The highest BCUT2D eigenvalue weighted by molar-refractivity contribution is 5.92. The van der Waals surface area contributed by atoms with Crippen LogP contribution in [0.4, 0.5) is 0 Å². The highest BCUT2D eigenvalue weighted by Crippen LogP contribution is 2.36. The SMILES string of the molecule is O=C(c1ccn(C2CCCNC2)n1)N1CCCC1C1CCCC1. The van der Waals surface area contributed by atoms with E-state index in [1.165, 1.54) is 38.5 Å². The highest BCUT2D eigenvalue weighted by atomic mass is 16.2. The first-order valence-corrected chi connectivity index (χ1v) is 9.40. The Morgan fingerprint density at radius 3 is 2.78 bits per heavy atom. The van der Waals surface area contributed by atoms with Gasteiger partial charge in [0.25, 0.3) is 5.91 Å². The molecule has 2 aliphatic heterocycles. The van der Waals surface area contributed by atoms with Crippen LogP contribution in [0.3, 0.4) is 0 Å². The normalized spacial score (nSPS) is 29.3. The van der Waals surface area contributed by atoms with Crippen molar-refractivity contribution in [3.8, 4) is 0 Å². The van der Waals surface area contributed by atoms with Crippen molar-refractivity contribution in [1.29, 1.82) is 0 Å². The van der Waals surface area contributed by atoms with Crippen molar-refractivity contribution < 1.29 is 4.79 Å². The average Bonchev–Trinajstić information content (AvgIpc) is 3.34. The van der Waals surface area contributed by atoms with Crippen molar-refractivity contribution in [2.75, 3.05) is 19.6 Å². The summed E-state index contributed by atoms with van der Waals surface area (Å²) in [6, 6.07) is 2.78. The summed E-state index contributed by atoms with van der Waals surface area (Å²) in [5.74, 6) is 0.882. The molecule has 3 fully saturated rings. The van der Waals surface area contributed by atoms with E-state index in [2.05, 4.69) is 15.3 Å². The van der Waals surface area contributed by atoms with Crippen LogP contribution in [0.25, 0.3) is 0 Å². The van der Waals surface area contributed by atoms with E-state index in [9.17, 15) is 4.79 Å². The fourth-order valence-corrected chi connectivity index (χ4v) is 4.74. The summed E-state index contributed by atoms with van der Waals surface area (Å²) in [5.41, 5.74) is 0.639. The molecule has 5 heteroatoms. The third-order valence-corrected chi connectivity index (χ3v) is 5.98. The second-order valence-electron chi connectivity index (χ2n) is 7.43. The molecule has 2 unspecified atom stereocenters. The van der Waals surface area contributed by atoms with Crippen LogP contribution >= 0.6 is 0 Å². The van der Waals surface area contributed by atoms with Crippen LogP contribution in [-0.4, -0.2) is 46.3 Å². The van der Waals surface area contributed by atoms with Gasteiger partial charge in [-0.25, -0.2) is 0 Å². The van der Waals surface area contributed by atoms with Gasteiger partial charge in [-0.15, -0.1) is 0 Å². The number of nitrogens with one attached hydrogen (secondary N) is 1. The van der Waals surface area contributed by atoms with Gasteiger partial charge in [0.2, 0.25) is 0 Å². The molecule has 126 valence electrons. The summed E-state index contributed by atoms with van der Waals surface area (Å²) in [6.45, 7) is 2.97. The molecule has 0 radical (unpaired) electrons. The van der Waals surface area contributed by atoms with Gasteiger partial charge in [-0.2, -0.15) is 5.10 Å². The molecule has 0 spiro atoms. The molecule has 3 heterocycles. The Bertz CT molecular complexity index is 543. The van der Waals surface area contributed by atoms with Gasteiger partial charge in [0.15, 0.2) is 0 Å². The van der Waals surface area contributed by atoms with E-state index in [4.69, 9.17) is 0 Å². The summed E-state index contributed by atoms with van der Waals surface area (Å²) in [4.78, 5) is 15.1. The summed E-state index contributed by atoms with van der Waals surface area (Å²) in [6.07, 6.45) is 11.9. The Morgan fingerprint density at radius 1 is 1.13 bits per heavy atom. The maximum absolute atomic E-state index is 12.9. The lowest BCUT2D eigenvalue weighted by atomic mass is 9.96. The molecule has 1 amide bonds. The van der Waals surface area contributed by atoms with Crippen LogP contribution in [0.15, 0.2) is 12.3 Å². The summed E-state index contributed by atoms with van der Waals surface area (Å²) >= 11 is 0. The number of piperidine rings is 1. The standard InChI is InChI=1S/C18H28N4O/c23-18(21-11-4-8-17(21)14-5-1-2-6-14)16-9-12-22(20-16)15-7-3-10-19-13-15/h9,12,14-15,17,19H,1-8,10-11,13H2. The molecule has 1 saturated carbocycles. The van der Waals surface area contributed by atoms with Crippen molar-refractivity contribution in [3.05, 3.63) is 18.0 Å². The van der Waals surface area contributed by atoms with E-state index in [-0.39, 0.29) is 5.91 Å². The fraction of sp³-hybridized carbons (Fsp3) is 0.778. The molecular formula is C18H28N4O. The van der Waals surface area contributed by atoms with Gasteiger partial charge < -0.3 is 10.2 Å². The minimum atomic E-state index is 0.155. The molecule has 5 nitrogen and oxygen atoms in total. The Morgan fingerprint density at radius 2 is 2.00 bits per heavy atom. The number of rotatable bonds is 3. The average molecular weight is 316 g/mol. The smallest absolute Gasteiger partial charge is 0.274 e. The first-order chi connectivity index (χ1) is 11.3. The van der Waals surface area contributed by atoms with Gasteiger partial charge in [-0.3, -0.25) is 9.48 Å². The molecule has 1 aromatic rings. The van der Waals surface area contributed by atoms with Gasteiger partial charge in [0.05, 0.1) is 6.04 Å². The number of carbonyl (C=O) groups is 1. The van der Waals surface area contributed by atoms with Crippen LogP contribution < -0.4 is 5.32 Å². The van der Waals surface area contributed by atoms with E-state index < -0.39 is 0 Å². The predicted octanol–water partition coefficient (Wildman–Crippen LogP) is 2.60.